The molecular weight excluding hydrogens is 493 g/mol. The number of hydrazone groups is 1. The predicted octanol–water partition coefficient (Wildman–Crippen LogP) is 5.37. The molecule has 0 spiro atoms. The fourth-order valence-corrected chi connectivity index (χ4v) is 4.89. The highest BCUT2D eigenvalue weighted by Gasteiger charge is 2.35. The maximum absolute atomic E-state index is 13.4. The van der Waals surface area contributed by atoms with Gasteiger partial charge < -0.3 is 4.42 Å². The lowest BCUT2D eigenvalue weighted by molar-refractivity contribution is -0.113. The Hall–Kier alpha value is -4.50. The molecule has 1 aliphatic rings. The molecule has 4 aromatic rings. The largest absolute Gasteiger partial charge is 0.422 e. The Kier molecular flexibility index (Phi) is 6.45. The van der Waals surface area contributed by atoms with Gasteiger partial charge in [-0.1, -0.05) is 36.4 Å². The minimum atomic E-state index is -0.797. The fraction of sp³-hybridized carbons (Fsp3) is 0.0714. The molecule has 9 heteroatoms. The molecule has 0 unspecified atom stereocenters. The van der Waals surface area contributed by atoms with Gasteiger partial charge >= 0.3 is 5.63 Å². The summed E-state index contributed by atoms with van der Waals surface area (Å²) in [6.07, 6.45) is 1.63. The number of anilines is 1. The zero-order valence-corrected chi connectivity index (χ0v) is 20.6. The molecule has 0 saturated carbocycles. The lowest BCUT2D eigenvalue weighted by atomic mass is 10.1. The van der Waals surface area contributed by atoms with Crippen LogP contribution in [-0.4, -0.2) is 17.0 Å². The summed E-state index contributed by atoms with van der Waals surface area (Å²) in [4.78, 5) is 40.4. The minimum Gasteiger partial charge on any atom is -0.422 e. The predicted molar refractivity (Wildman–Crippen MR) is 143 cm³/mol. The smallest absolute Gasteiger partial charge is 0.349 e. The van der Waals surface area contributed by atoms with E-state index in [0.717, 1.165) is 22.9 Å². The van der Waals surface area contributed by atoms with Gasteiger partial charge in [0.1, 0.15) is 17.0 Å². The Bertz CT molecular complexity index is 1660. The summed E-state index contributed by atoms with van der Waals surface area (Å²) in [5.41, 5.74) is 4.85. The van der Waals surface area contributed by atoms with Crippen LogP contribution in [-0.2, 0) is 4.79 Å². The molecule has 2 amide bonds. The molecule has 7 nitrogen and oxygen atoms in total. The topological polar surface area (TPSA) is 92.0 Å². The number of para-hydroxylation sites is 1. The Morgan fingerprint density at radius 2 is 1.70 bits per heavy atom. The lowest BCUT2D eigenvalue weighted by Crippen LogP contribution is -2.32. The number of hydrogen-bond acceptors (Lipinski definition) is 6. The van der Waals surface area contributed by atoms with Crippen molar-refractivity contribution in [3.05, 3.63) is 116 Å². The number of hydrogen-bond donors (Lipinski definition) is 1. The molecule has 1 aliphatic heterocycles. The van der Waals surface area contributed by atoms with E-state index in [1.165, 1.54) is 23.1 Å². The van der Waals surface area contributed by atoms with Crippen molar-refractivity contribution in [3.63, 3.8) is 0 Å². The second-order valence-electron chi connectivity index (χ2n) is 8.47. The normalized spacial score (nSPS) is 15.6. The lowest BCUT2D eigenvalue weighted by Gasteiger charge is -2.17. The fourth-order valence-electron chi connectivity index (χ4n) is 3.95. The number of benzene rings is 3. The van der Waals surface area contributed by atoms with Crippen molar-refractivity contribution in [1.29, 1.82) is 0 Å². The Labute approximate surface area is 215 Å². The number of carbonyl (C=O) groups is 2. The summed E-state index contributed by atoms with van der Waals surface area (Å²) >= 11 is 1.05. The van der Waals surface area contributed by atoms with Crippen LogP contribution in [0.15, 0.2) is 92.0 Å². The highest BCUT2D eigenvalue weighted by atomic mass is 32.2. The first kappa shape index (κ1) is 24.2. The van der Waals surface area contributed by atoms with Crippen LogP contribution < -0.4 is 16.0 Å². The number of amidine groups is 1. The van der Waals surface area contributed by atoms with Crippen molar-refractivity contribution in [2.75, 3.05) is 4.90 Å². The SMILES string of the molecule is Cc1cc(C)cc(N2C(=O)/C(=C/c3ccc(F)cc3)S/C2=N\NC(=O)c2cc3ccccc3oc2=O)c1. The van der Waals surface area contributed by atoms with Gasteiger partial charge in [-0.05, 0) is 84.8 Å². The number of amides is 2. The van der Waals surface area contributed by atoms with Crippen molar-refractivity contribution in [3.8, 4) is 0 Å². The third-order valence-corrected chi connectivity index (χ3v) is 6.55. The van der Waals surface area contributed by atoms with Crippen molar-refractivity contribution < 1.29 is 18.4 Å². The van der Waals surface area contributed by atoms with Gasteiger partial charge in [0.05, 0.1) is 10.6 Å². The number of thioether (sulfide) groups is 1. The van der Waals surface area contributed by atoms with Gasteiger partial charge in [0, 0.05) is 5.39 Å². The van der Waals surface area contributed by atoms with Gasteiger partial charge in [0.25, 0.3) is 11.8 Å². The van der Waals surface area contributed by atoms with E-state index in [1.807, 2.05) is 32.0 Å². The molecule has 0 bridgehead atoms. The summed E-state index contributed by atoms with van der Waals surface area (Å²) in [5, 5.41) is 4.98. The van der Waals surface area contributed by atoms with Crippen molar-refractivity contribution in [1.82, 2.24) is 5.43 Å². The van der Waals surface area contributed by atoms with E-state index < -0.39 is 11.5 Å². The van der Waals surface area contributed by atoms with Crippen LogP contribution in [0.2, 0.25) is 0 Å². The quantitative estimate of drug-likeness (QED) is 0.225. The molecule has 0 radical (unpaired) electrons. The van der Waals surface area contributed by atoms with Gasteiger partial charge in [-0.25, -0.2) is 14.6 Å². The van der Waals surface area contributed by atoms with Crippen LogP contribution in [0.3, 0.4) is 0 Å². The first-order chi connectivity index (χ1) is 17.8. The summed E-state index contributed by atoms with van der Waals surface area (Å²) < 4.78 is 18.6. The molecular formula is C28H20FN3O4S. The highest BCUT2D eigenvalue weighted by molar-refractivity contribution is 8.19. The van der Waals surface area contributed by atoms with Crippen LogP contribution in [0.1, 0.15) is 27.0 Å². The van der Waals surface area contributed by atoms with E-state index in [2.05, 4.69) is 10.5 Å². The van der Waals surface area contributed by atoms with Crippen LogP contribution in [0.5, 0.6) is 0 Å². The molecule has 37 heavy (non-hydrogen) atoms. The monoisotopic (exact) mass is 513 g/mol. The summed E-state index contributed by atoms with van der Waals surface area (Å²) in [5.74, 6) is -1.50. The second-order valence-corrected chi connectivity index (χ2v) is 9.48. The summed E-state index contributed by atoms with van der Waals surface area (Å²) in [6.45, 7) is 3.83. The van der Waals surface area contributed by atoms with Crippen LogP contribution >= 0.6 is 11.8 Å². The summed E-state index contributed by atoms with van der Waals surface area (Å²) in [7, 11) is 0. The first-order valence-corrected chi connectivity index (χ1v) is 12.1. The van der Waals surface area contributed by atoms with E-state index in [0.29, 0.717) is 27.1 Å². The molecule has 1 saturated heterocycles. The van der Waals surface area contributed by atoms with Gasteiger partial charge in [-0.2, -0.15) is 0 Å². The minimum absolute atomic E-state index is 0.196. The molecule has 0 aliphatic carbocycles. The standard InChI is InChI=1S/C28H20FN3O4S/c1-16-11-17(2)13-21(12-16)32-26(34)24(14-18-7-9-20(29)10-8-18)37-28(32)31-30-25(33)22-15-19-5-3-4-6-23(19)36-27(22)35/h3-15H,1-2H3,(H,30,33)/b24-14-,31-28-. The molecule has 1 N–H and O–H groups in total. The third-order valence-electron chi connectivity index (χ3n) is 5.58. The zero-order chi connectivity index (χ0) is 26.1. The zero-order valence-electron chi connectivity index (χ0n) is 19.8. The van der Waals surface area contributed by atoms with Crippen molar-refractivity contribution in [2.45, 2.75) is 13.8 Å². The van der Waals surface area contributed by atoms with Crippen LogP contribution in [0, 0.1) is 19.7 Å². The number of aryl methyl sites for hydroxylation is 2. The van der Waals surface area contributed by atoms with Crippen LogP contribution in [0.25, 0.3) is 17.0 Å². The number of nitrogens with zero attached hydrogens (tertiary/aromatic N) is 2. The number of carbonyl (C=O) groups excluding carboxylic acids is 2. The average Bonchev–Trinajstić information content (AvgIpc) is 3.17. The van der Waals surface area contributed by atoms with Gasteiger partial charge in [-0.15, -0.1) is 5.10 Å². The van der Waals surface area contributed by atoms with E-state index in [-0.39, 0.29) is 22.5 Å². The maximum atomic E-state index is 13.4. The van der Waals surface area contributed by atoms with E-state index >= 15 is 0 Å². The Morgan fingerprint density at radius 3 is 2.43 bits per heavy atom. The molecule has 184 valence electrons. The Morgan fingerprint density at radius 1 is 1.00 bits per heavy atom. The summed E-state index contributed by atoms with van der Waals surface area (Å²) in [6, 6.07) is 19.7. The molecule has 0 atom stereocenters. The highest BCUT2D eigenvalue weighted by Crippen LogP contribution is 2.36. The van der Waals surface area contributed by atoms with E-state index in [4.69, 9.17) is 4.42 Å². The number of fused-ring (bicyclic) bond motifs is 1. The molecule has 1 aromatic heterocycles. The molecule has 2 heterocycles. The third kappa shape index (κ3) is 5.07. The van der Waals surface area contributed by atoms with Gasteiger partial charge in [-0.3, -0.25) is 14.5 Å². The number of rotatable bonds is 4. The molecule has 5 rings (SSSR count). The molecule has 3 aromatic carbocycles. The second kappa shape index (κ2) is 9.87. The van der Waals surface area contributed by atoms with Gasteiger partial charge in [0.15, 0.2) is 5.17 Å². The number of nitrogens with one attached hydrogen (secondary N) is 1. The van der Waals surface area contributed by atoms with Crippen molar-refractivity contribution >= 4 is 51.5 Å². The molecule has 1 fully saturated rings. The first-order valence-electron chi connectivity index (χ1n) is 11.3. The maximum Gasteiger partial charge on any atom is 0.349 e. The van der Waals surface area contributed by atoms with Crippen LogP contribution in [0.4, 0.5) is 10.1 Å². The number of halogens is 1. The van der Waals surface area contributed by atoms with E-state index in [9.17, 15) is 18.8 Å². The Balaban J connectivity index is 1.51. The van der Waals surface area contributed by atoms with Crippen molar-refractivity contribution in [2.24, 2.45) is 5.10 Å². The van der Waals surface area contributed by atoms with E-state index in [1.54, 1.807) is 42.5 Å². The van der Waals surface area contributed by atoms with Gasteiger partial charge in [0.2, 0.25) is 0 Å². The average molecular weight is 514 g/mol.